The Morgan fingerprint density at radius 3 is 2.81 bits per heavy atom. The van der Waals surface area contributed by atoms with Crippen LogP contribution in [-0.4, -0.2) is 23.3 Å². The summed E-state index contributed by atoms with van der Waals surface area (Å²) in [5.41, 5.74) is 0.852. The van der Waals surface area contributed by atoms with Gasteiger partial charge in [-0.2, -0.15) is 18.2 Å². The zero-order valence-electron chi connectivity index (χ0n) is 10.9. The Balaban J connectivity index is 2.36. The predicted octanol–water partition coefficient (Wildman–Crippen LogP) is 3.06. The zero-order chi connectivity index (χ0) is 15.5. The molecule has 0 aliphatic heterocycles. The van der Waals surface area contributed by atoms with Crippen LogP contribution in [0, 0.1) is 0 Å². The number of para-hydroxylation sites is 1. The molecule has 0 saturated carbocycles. The predicted molar refractivity (Wildman–Crippen MR) is 75.0 cm³/mol. The molecule has 1 N–H and O–H groups in total. The number of carbonyl (C=O) groups is 1. The second kappa shape index (κ2) is 6.13. The minimum absolute atomic E-state index is 0.329. The first-order chi connectivity index (χ1) is 9.90. The first-order valence-corrected chi connectivity index (χ1v) is 6.81. The lowest BCUT2D eigenvalue weighted by atomic mass is 10.3. The molecule has 0 unspecified atom stereocenters. The first-order valence-electron chi connectivity index (χ1n) is 5.99. The number of halogens is 3. The topological polar surface area (TPSA) is 46.4 Å². The summed E-state index contributed by atoms with van der Waals surface area (Å²) in [5, 5.41) is 1.72. The third-order valence-electron chi connectivity index (χ3n) is 2.54. The van der Waals surface area contributed by atoms with Crippen molar-refractivity contribution in [2.75, 3.05) is 6.54 Å². The van der Waals surface area contributed by atoms with Crippen molar-refractivity contribution < 1.29 is 18.0 Å². The SMILES string of the molecule is C=CCn1c(=NC(=O)NCC(F)(F)F)sc2ccccc21. The van der Waals surface area contributed by atoms with Crippen molar-refractivity contribution in [3.8, 4) is 0 Å². The highest BCUT2D eigenvalue weighted by molar-refractivity contribution is 7.16. The van der Waals surface area contributed by atoms with Crippen LogP contribution in [0.25, 0.3) is 10.2 Å². The van der Waals surface area contributed by atoms with E-state index in [1.165, 1.54) is 11.3 Å². The van der Waals surface area contributed by atoms with E-state index in [0.717, 1.165) is 10.2 Å². The Labute approximate surface area is 122 Å². The average Bonchev–Trinajstić information content (AvgIpc) is 2.74. The van der Waals surface area contributed by atoms with E-state index in [2.05, 4.69) is 11.6 Å². The molecule has 0 aliphatic rings. The van der Waals surface area contributed by atoms with Crippen molar-refractivity contribution in [1.29, 1.82) is 0 Å². The maximum atomic E-state index is 12.0. The van der Waals surface area contributed by atoms with E-state index >= 15 is 0 Å². The van der Waals surface area contributed by atoms with E-state index < -0.39 is 18.8 Å². The number of allylic oxidation sites excluding steroid dienone is 1. The van der Waals surface area contributed by atoms with Gasteiger partial charge in [0.2, 0.25) is 0 Å². The van der Waals surface area contributed by atoms with Crippen LogP contribution in [-0.2, 0) is 6.54 Å². The second-order valence-corrected chi connectivity index (χ2v) is 5.15. The number of aromatic nitrogens is 1. The van der Waals surface area contributed by atoms with Crippen LogP contribution < -0.4 is 10.1 Å². The van der Waals surface area contributed by atoms with Gasteiger partial charge in [-0.05, 0) is 12.1 Å². The molecule has 4 nitrogen and oxygen atoms in total. The van der Waals surface area contributed by atoms with Crippen LogP contribution >= 0.6 is 11.3 Å². The van der Waals surface area contributed by atoms with Crippen LogP contribution in [0.15, 0.2) is 41.9 Å². The maximum absolute atomic E-state index is 12.0. The average molecular weight is 315 g/mol. The molecule has 2 amide bonds. The van der Waals surface area contributed by atoms with E-state index in [1.807, 2.05) is 24.3 Å². The summed E-state index contributed by atoms with van der Waals surface area (Å²) in [5.74, 6) is 0. The molecule has 21 heavy (non-hydrogen) atoms. The van der Waals surface area contributed by atoms with Crippen LogP contribution in [0.5, 0.6) is 0 Å². The van der Waals surface area contributed by atoms with Crippen molar-refractivity contribution in [2.24, 2.45) is 4.99 Å². The van der Waals surface area contributed by atoms with Crippen molar-refractivity contribution in [3.05, 3.63) is 41.7 Å². The van der Waals surface area contributed by atoms with Crippen molar-refractivity contribution in [2.45, 2.75) is 12.7 Å². The lowest BCUT2D eigenvalue weighted by Gasteiger charge is -2.05. The van der Waals surface area contributed by atoms with Gasteiger partial charge in [0.05, 0.1) is 10.2 Å². The van der Waals surface area contributed by atoms with E-state index in [4.69, 9.17) is 0 Å². The molecule has 0 spiro atoms. The Bertz CT molecular complexity index is 730. The van der Waals surface area contributed by atoms with E-state index in [0.29, 0.717) is 11.3 Å². The number of thiazole rings is 1. The van der Waals surface area contributed by atoms with Crippen LogP contribution in [0.1, 0.15) is 0 Å². The highest BCUT2D eigenvalue weighted by Crippen LogP contribution is 2.16. The number of fused-ring (bicyclic) bond motifs is 1. The Morgan fingerprint density at radius 1 is 1.43 bits per heavy atom. The number of nitrogens with zero attached hydrogens (tertiary/aromatic N) is 2. The van der Waals surface area contributed by atoms with Crippen molar-refractivity contribution in [1.82, 2.24) is 9.88 Å². The second-order valence-electron chi connectivity index (χ2n) is 4.14. The smallest absolute Gasteiger partial charge is 0.327 e. The quantitative estimate of drug-likeness (QED) is 0.869. The van der Waals surface area contributed by atoms with Gasteiger partial charge in [0.1, 0.15) is 6.54 Å². The van der Waals surface area contributed by atoms with Gasteiger partial charge in [0, 0.05) is 6.54 Å². The summed E-state index contributed by atoms with van der Waals surface area (Å²) in [7, 11) is 0. The molecule has 0 radical (unpaired) electrons. The van der Waals surface area contributed by atoms with Gasteiger partial charge in [-0.1, -0.05) is 29.5 Å². The van der Waals surface area contributed by atoms with Crippen molar-refractivity contribution >= 4 is 27.6 Å². The molecule has 112 valence electrons. The first kappa shape index (κ1) is 15.3. The van der Waals surface area contributed by atoms with E-state index in [1.54, 1.807) is 16.0 Å². The maximum Gasteiger partial charge on any atom is 0.405 e. The normalized spacial score (nSPS) is 12.6. The molecule has 0 fully saturated rings. The van der Waals surface area contributed by atoms with Crippen molar-refractivity contribution in [3.63, 3.8) is 0 Å². The number of nitrogens with one attached hydrogen (secondary N) is 1. The fraction of sp³-hybridized carbons (Fsp3) is 0.231. The van der Waals surface area contributed by atoms with Gasteiger partial charge in [-0.3, -0.25) is 0 Å². The van der Waals surface area contributed by atoms with E-state index in [9.17, 15) is 18.0 Å². The number of urea groups is 1. The third kappa shape index (κ3) is 3.94. The van der Waals surface area contributed by atoms with Gasteiger partial charge in [-0.15, -0.1) is 6.58 Å². The lowest BCUT2D eigenvalue weighted by molar-refractivity contribution is -0.122. The summed E-state index contributed by atoms with van der Waals surface area (Å²) >= 11 is 1.23. The third-order valence-corrected chi connectivity index (χ3v) is 3.60. The molecule has 0 bridgehead atoms. The number of benzene rings is 1. The standard InChI is InChI=1S/C13H12F3N3OS/c1-2-7-19-9-5-3-4-6-10(9)21-12(19)18-11(20)17-8-13(14,15)16/h2-6H,1,7-8H2,(H,17,20). The number of rotatable bonds is 3. The molecule has 0 aliphatic carbocycles. The van der Waals surface area contributed by atoms with Gasteiger partial charge in [0.15, 0.2) is 4.80 Å². The Morgan fingerprint density at radius 2 is 2.14 bits per heavy atom. The largest absolute Gasteiger partial charge is 0.405 e. The number of hydrogen-bond donors (Lipinski definition) is 1. The summed E-state index contributed by atoms with van der Waals surface area (Å²) in [6.07, 6.45) is -2.83. The molecule has 2 rings (SSSR count). The molecule has 1 aromatic heterocycles. The molecule has 1 heterocycles. The van der Waals surface area contributed by atoms with Gasteiger partial charge < -0.3 is 9.88 Å². The fourth-order valence-electron chi connectivity index (χ4n) is 1.71. The minimum Gasteiger partial charge on any atom is -0.327 e. The van der Waals surface area contributed by atoms with Gasteiger partial charge in [0.25, 0.3) is 0 Å². The molecular weight excluding hydrogens is 303 g/mol. The lowest BCUT2D eigenvalue weighted by Crippen LogP contribution is -2.33. The summed E-state index contributed by atoms with van der Waals surface area (Å²) < 4.78 is 38.8. The molecule has 0 atom stereocenters. The number of hydrogen-bond acceptors (Lipinski definition) is 2. The molecule has 8 heteroatoms. The minimum atomic E-state index is -4.46. The van der Waals surface area contributed by atoms with Crippen LogP contribution in [0.2, 0.25) is 0 Å². The van der Waals surface area contributed by atoms with E-state index in [-0.39, 0.29) is 0 Å². The Kier molecular flexibility index (Phi) is 4.46. The number of carbonyl (C=O) groups excluding carboxylic acids is 1. The van der Waals surface area contributed by atoms with Gasteiger partial charge in [-0.25, -0.2) is 4.79 Å². The molecule has 1 aromatic carbocycles. The summed E-state index contributed by atoms with van der Waals surface area (Å²) in [6.45, 7) is 2.64. The summed E-state index contributed by atoms with van der Waals surface area (Å²) in [4.78, 5) is 15.5. The highest BCUT2D eigenvalue weighted by Gasteiger charge is 2.27. The molecular formula is C13H12F3N3OS. The molecule has 2 aromatic rings. The number of amides is 2. The Hall–Kier alpha value is -2.09. The summed E-state index contributed by atoms with van der Waals surface area (Å²) in [6, 6.07) is 6.36. The van der Waals surface area contributed by atoms with Crippen LogP contribution in [0.3, 0.4) is 0 Å². The van der Waals surface area contributed by atoms with Crippen LogP contribution in [0.4, 0.5) is 18.0 Å². The fourth-order valence-corrected chi connectivity index (χ4v) is 2.75. The number of alkyl halides is 3. The van der Waals surface area contributed by atoms with Gasteiger partial charge >= 0.3 is 12.2 Å². The highest BCUT2D eigenvalue weighted by atomic mass is 32.1. The molecule has 0 saturated heterocycles. The monoisotopic (exact) mass is 315 g/mol. The zero-order valence-corrected chi connectivity index (χ0v) is 11.7.